The van der Waals surface area contributed by atoms with Crippen molar-refractivity contribution in [3.8, 4) is 0 Å². The second kappa shape index (κ2) is 5.87. The summed E-state index contributed by atoms with van der Waals surface area (Å²) in [6, 6.07) is 3.68. The molecule has 1 atom stereocenters. The Morgan fingerprint density at radius 2 is 2.20 bits per heavy atom. The van der Waals surface area contributed by atoms with Crippen LogP contribution in [0.5, 0.6) is 0 Å². The topological polar surface area (TPSA) is 26.0 Å². The van der Waals surface area contributed by atoms with Crippen molar-refractivity contribution < 1.29 is 4.39 Å². The molecule has 0 amide bonds. The third-order valence-electron chi connectivity index (χ3n) is 2.25. The lowest BCUT2D eigenvalue weighted by Gasteiger charge is -2.11. The van der Waals surface area contributed by atoms with Gasteiger partial charge in [-0.1, -0.05) is 19.9 Å². The number of nitrogens with two attached hydrogens (primary N) is 1. The van der Waals surface area contributed by atoms with Crippen LogP contribution in [0.1, 0.15) is 25.8 Å². The fraction of sp³-hybridized carbons (Fsp3) is 0.455. The normalized spacial score (nSPS) is 12.9. The molecule has 2 N–H and O–H groups in total. The highest BCUT2D eigenvalue weighted by Gasteiger charge is 2.12. The second-order valence-corrected chi connectivity index (χ2v) is 5.66. The van der Waals surface area contributed by atoms with E-state index in [0.29, 0.717) is 21.2 Å². The molecule has 0 bridgehead atoms. The predicted molar refractivity (Wildman–Crippen MR) is 67.6 cm³/mol. The Kier molecular flexibility index (Phi) is 5.09. The van der Waals surface area contributed by atoms with Crippen LogP contribution in [0.3, 0.4) is 0 Å². The van der Waals surface area contributed by atoms with Crippen LogP contribution in [-0.2, 0) is 6.54 Å². The summed E-state index contributed by atoms with van der Waals surface area (Å²) in [5, 5.41) is 0.426. The molecule has 4 heteroatoms. The molecule has 0 fully saturated rings. The number of thioether (sulfide) groups is 1. The van der Waals surface area contributed by atoms with Crippen molar-refractivity contribution in [3.05, 3.63) is 28.0 Å². The summed E-state index contributed by atoms with van der Waals surface area (Å²) in [4.78, 5) is 0.688. The molecule has 0 aliphatic heterocycles. The average molecular weight is 292 g/mol. The molecule has 0 saturated carbocycles. The zero-order valence-electron chi connectivity index (χ0n) is 8.89. The Morgan fingerprint density at radius 1 is 1.53 bits per heavy atom. The molecular weight excluding hydrogens is 277 g/mol. The van der Waals surface area contributed by atoms with Gasteiger partial charge in [0.1, 0.15) is 0 Å². The average Bonchev–Trinajstić information content (AvgIpc) is 2.25. The third-order valence-corrected chi connectivity index (χ3v) is 4.41. The Balaban J connectivity index is 2.96. The molecular formula is C11H15BrFNS. The summed E-state index contributed by atoms with van der Waals surface area (Å²) in [7, 11) is 0. The quantitative estimate of drug-likeness (QED) is 0.851. The van der Waals surface area contributed by atoms with Gasteiger partial charge in [-0.15, -0.1) is 11.8 Å². The monoisotopic (exact) mass is 291 g/mol. The van der Waals surface area contributed by atoms with Gasteiger partial charge in [0, 0.05) is 16.7 Å². The van der Waals surface area contributed by atoms with Crippen molar-refractivity contribution in [2.24, 2.45) is 5.73 Å². The van der Waals surface area contributed by atoms with E-state index in [0.717, 1.165) is 12.0 Å². The van der Waals surface area contributed by atoms with Gasteiger partial charge < -0.3 is 5.73 Å². The minimum absolute atomic E-state index is 0.191. The number of rotatable bonds is 4. The first-order chi connectivity index (χ1) is 7.10. The Morgan fingerprint density at radius 3 is 2.73 bits per heavy atom. The highest BCUT2D eigenvalue weighted by Crippen LogP contribution is 2.32. The minimum atomic E-state index is -0.191. The summed E-state index contributed by atoms with van der Waals surface area (Å²) >= 11 is 4.79. The second-order valence-electron chi connectivity index (χ2n) is 3.39. The standard InChI is InChI=1S/C11H15BrFNS/c1-3-7(2)15-9-5-4-8(6-14)10(12)11(9)13/h4-5,7H,3,6,14H2,1-2H3. The van der Waals surface area contributed by atoms with Gasteiger partial charge in [0.05, 0.1) is 4.47 Å². The van der Waals surface area contributed by atoms with E-state index in [1.165, 1.54) is 0 Å². The van der Waals surface area contributed by atoms with E-state index in [1.807, 2.05) is 6.07 Å². The van der Waals surface area contributed by atoms with E-state index in [2.05, 4.69) is 29.8 Å². The van der Waals surface area contributed by atoms with Crippen molar-refractivity contribution >= 4 is 27.7 Å². The van der Waals surface area contributed by atoms with E-state index in [9.17, 15) is 4.39 Å². The van der Waals surface area contributed by atoms with Gasteiger partial charge >= 0.3 is 0 Å². The van der Waals surface area contributed by atoms with Crippen LogP contribution in [0.25, 0.3) is 0 Å². The fourth-order valence-corrected chi connectivity index (χ4v) is 2.71. The number of hydrogen-bond donors (Lipinski definition) is 1. The van der Waals surface area contributed by atoms with Gasteiger partial charge in [0.15, 0.2) is 5.82 Å². The van der Waals surface area contributed by atoms with Crippen molar-refractivity contribution in [2.75, 3.05) is 0 Å². The van der Waals surface area contributed by atoms with E-state index in [4.69, 9.17) is 5.73 Å². The third kappa shape index (κ3) is 3.20. The molecule has 15 heavy (non-hydrogen) atoms. The van der Waals surface area contributed by atoms with Gasteiger partial charge in [0.25, 0.3) is 0 Å². The zero-order chi connectivity index (χ0) is 11.4. The highest BCUT2D eigenvalue weighted by molar-refractivity contribution is 9.10. The van der Waals surface area contributed by atoms with Gasteiger partial charge in [0.2, 0.25) is 0 Å². The number of halogens is 2. The van der Waals surface area contributed by atoms with E-state index in [-0.39, 0.29) is 5.82 Å². The molecule has 0 aliphatic rings. The molecule has 0 heterocycles. The Labute approximate surface area is 103 Å². The molecule has 1 aromatic rings. The largest absolute Gasteiger partial charge is 0.326 e. The predicted octanol–water partition coefficient (Wildman–Crippen LogP) is 3.94. The lowest BCUT2D eigenvalue weighted by molar-refractivity contribution is 0.591. The minimum Gasteiger partial charge on any atom is -0.326 e. The first-order valence-electron chi connectivity index (χ1n) is 4.93. The van der Waals surface area contributed by atoms with E-state index < -0.39 is 0 Å². The maximum absolute atomic E-state index is 13.8. The lowest BCUT2D eigenvalue weighted by Crippen LogP contribution is -2.01. The van der Waals surface area contributed by atoms with E-state index >= 15 is 0 Å². The van der Waals surface area contributed by atoms with Crippen LogP contribution in [-0.4, -0.2) is 5.25 Å². The summed E-state index contributed by atoms with van der Waals surface area (Å²) in [5.74, 6) is -0.191. The smallest absolute Gasteiger partial charge is 0.151 e. The number of hydrogen-bond acceptors (Lipinski definition) is 2. The fourth-order valence-electron chi connectivity index (χ4n) is 1.12. The van der Waals surface area contributed by atoms with Gasteiger partial charge in [-0.05, 0) is 34.0 Å². The highest BCUT2D eigenvalue weighted by atomic mass is 79.9. The maximum atomic E-state index is 13.8. The molecule has 1 rings (SSSR count). The molecule has 0 aliphatic carbocycles. The number of benzene rings is 1. The first kappa shape index (κ1) is 13.0. The molecule has 0 saturated heterocycles. The molecule has 84 valence electrons. The van der Waals surface area contributed by atoms with E-state index in [1.54, 1.807) is 17.8 Å². The maximum Gasteiger partial charge on any atom is 0.151 e. The first-order valence-corrected chi connectivity index (χ1v) is 6.61. The van der Waals surface area contributed by atoms with Crippen molar-refractivity contribution in [2.45, 2.75) is 37.0 Å². The molecule has 0 spiro atoms. The molecule has 1 aromatic carbocycles. The zero-order valence-corrected chi connectivity index (χ0v) is 11.3. The van der Waals surface area contributed by atoms with Crippen LogP contribution in [0, 0.1) is 5.82 Å². The van der Waals surface area contributed by atoms with Crippen LogP contribution >= 0.6 is 27.7 Å². The van der Waals surface area contributed by atoms with Crippen LogP contribution < -0.4 is 5.73 Å². The van der Waals surface area contributed by atoms with Crippen molar-refractivity contribution in [1.82, 2.24) is 0 Å². The van der Waals surface area contributed by atoms with Crippen LogP contribution in [0.4, 0.5) is 4.39 Å². The summed E-state index contributed by atoms with van der Waals surface area (Å²) in [6.45, 7) is 4.54. The molecule has 1 nitrogen and oxygen atoms in total. The summed E-state index contributed by atoms with van der Waals surface area (Å²) < 4.78 is 14.3. The molecule has 0 aromatic heterocycles. The summed E-state index contributed by atoms with van der Waals surface area (Å²) in [5.41, 5.74) is 6.30. The lowest BCUT2D eigenvalue weighted by atomic mass is 10.2. The van der Waals surface area contributed by atoms with Gasteiger partial charge in [-0.25, -0.2) is 4.39 Å². The van der Waals surface area contributed by atoms with Crippen LogP contribution in [0.2, 0.25) is 0 Å². The summed E-state index contributed by atoms with van der Waals surface area (Å²) in [6.07, 6.45) is 1.03. The molecule has 0 radical (unpaired) electrons. The Bertz CT molecular complexity index is 344. The van der Waals surface area contributed by atoms with Crippen molar-refractivity contribution in [3.63, 3.8) is 0 Å². The molecule has 1 unspecified atom stereocenters. The van der Waals surface area contributed by atoms with Crippen LogP contribution in [0.15, 0.2) is 21.5 Å². The van der Waals surface area contributed by atoms with Gasteiger partial charge in [-0.2, -0.15) is 0 Å². The van der Waals surface area contributed by atoms with Gasteiger partial charge in [-0.3, -0.25) is 0 Å². The Hall–Kier alpha value is -0.0600. The van der Waals surface area contributed by atoms with Crippen molar-refractivity contribution in [1.29, 1.82) is 0 Å². The SMILES string of the molecule is CCC(C)Sc1ccc(CN)c(Br)c1F.